The zero-order valence-corrected chi connectivity index (χ0v) is 11.6. The van der Waals surface area contributed by atoms with E-state index in [-0.39, 0.29) is 12.7 Å². The number of nitrogens with zero attached hydrogens (tertiary/aromatic N) is 2. The molecular formula is C14H16N2O4. The quantitative estimate of drug-likeness (QED) is 0.931. The molecule has 6 heteroatoms. The highest BCUT2D eigenvalue weighted by Crippen LogP contribution is 2.37. The molecule has 0 spiro atoms. The van der Waals surface area contributed by atoms with E-state index in [1.165, 1.54) is 0 Å². The third-order valence-electron chi connectivity index (χ3n) is 3.52. The van der Waals surface area contributed by atoms with Gasteiger partial charge in [-0.05, 0) is 12.8 Å². The van der Waals surface area contributed by atoms with Crippen molar-refractivity contribution in [3.8, 4) is 11.5 Å². The van der Waals surface area contributed by atoms with E-state index >= 15 is 0 Å². The van der Waals surface area contributed by atoms with Gasteiger partial charge >= 0.3 is 5.97 Å². The average Bonchev–Trinajstić information content (AvgIpc) is 2.91. The maximum absolute atomic E-state index is 11.6. The fourth-order valence-electron chi connectivity index (χ4n) is 2.65. The number of carbonyl (C=O) groups is 1. The van der Waals surface area contributed by atoms with Crippen molar-refractivity contribution < 1.29 is 19.4 Å². The topological polar surface area (TPSA) is 73.6 Å². The van der Waals surface area contributed by atoms with Crippen molar-refractivity contribution in [2.45, 2.75) is 26.8 Å². The standard InChI is InChI=1S/C14H16N2O4/c1-7(2)13(14(17)18)16-8(3)15-9-4-11-12(5-10(9)16)20-6-19-11/h4-5,7,13H,6H2,1-3H3,(H,17,18). The lowest BCUT2D eigenvalue weighted by Crippen LogP contribution is -2.25. The number of hydrogen-bond donors (Lipinski definition) is 1. The van der Waals surface area contributed by atoms with Gasteiger partial charge in [0, 0.05) is 12.1 Å². The first-order valence-electron chi connectivity index (χ1n) is 6.50. The molecule has 3 rings (SSSR count). The van der Waals surface area contributed by atoms with Crippen LogP contribution in [-0.4, -0.2) is 27.4 Å². The fourth-order valence-corrected chi connectivity index (χ4v) is 2.65. The summed E-state index contributed by atoms with van der Waals surface area (Å²) in [5, 5.41) is 9.49. The predicted octanol–water partition coefficient (Wildman–Crippen LogP) is 2.36. The number of carboxylic acids is 1. The summed E-state index contributed by atoms with van der Waals surface area (Å²) in [6.07, 6.45) is 0. The van der Waals surface area contributed by atoms with E-state index in [1.54, 1.807) is 16.7 Å². The molecular weight excluding hydrogens is 260 g/mol. The van der Waals surface area contributed by atoms with Crippen LogP contribution in [0.25, 0.3) is 11.0 Å². The Bertz CT molecular complexity index is 690. The van der Waals surface area contributed by atoms with Gasteiger partial charge in [-0.15, -0.1) is 0 Å². The maximum Gasteiger partial charge on any atom is 0.327 e. The van der Waals surface area contributed by atoms with Gasteiger partial charge < -0.3 is 19.1 Å². The Morgan fingerprint density at radius 1 is 1.35 bits per heavy atom. The maximum atomic E-state index is 11.6. The molecule has 0 bridgehead atoms. The van der Waals surface area contributed by atoms with E-state index in [0.717, 1.165) is 11.0 Å². The fraction of sp³-hybridized carbons (Fsp3) is 0.429. The van der Waals surface area contributed by atoms with Crippen LogP contribution in [0.2, 0.25) is 0 Å². The van der Waals surface area contributed by atoms with Crippen molar-refractivity contribution in [3.63, 3.8) is 0 Å². The van der Waals surface area contributed by atoms with Gasteiger partial charge in [-0.1, -0.05) is 13.8 Å². The van der Waals surface area contributed by atoms with Crippen molar-refractivity contribution in [3.05, 3.63) is 18.0 Å². The Hall–Kier alpha value is -2.24. The third-order valence-corrected chi connectivity index (χ3v) is 3.52. The smallest absolute Gasteiger partial charge is 0.327 e. The van der Waals surface area contributed by atoms with Crippen molar-refractivity contribution in [2.75, 3.05) is 6.79 Å². The first kappa shape index (κ1) is 12.8. The highest BCUT2D eigenvalue weighted by molar-refractivity contribution is 5.83. The summed E-state index contributed by atoms with van der Waals surface area (Å²) in [5.41, 5.74) is 1.48. The summed E-state index contributed by atoms with van der Waals surface area (Å²) in [4.78, 5) is 16.0. The van der Waals surface area contributed by atoms with Crippen molar-refractivity contribution >= 4 is 17.0 Å². The first-order chi connectivity index (χ1) is 9.49. The van der Waals surface area contributed by atoms with Crippen LogP contribution in [0.1, 0.15) is 25.7 Å². The minimum atomic E-state index is -0.861. The summed E-state index contributed by atoms with van der Waals surface area (Å²) in [6.45, 7) is 5.77. The molecule has 0 aliphatic carbocycles. The van der Waals surface area contributed by atoms with Gasteiger partial charge in [0.15, 0.2) is 11.5 Å². The summed E-state index contributed by atoms with van der Waals surface area (Å²) in [5.74, 6) is 1.05. The highest BCUT2D eigenvalue weighted by Gasteiger charge is 2.28. The van der Waals surface area contributed by atoms with Crippen LogP contribution in [0.15, 0.2) is 12.1 Å². The van der Waals surface area contributed by atoms with Crippen LogP contribution in [0.3, 0.4) is 0 Å². The average molecular weight is 276 g/mol. The van der Waals surface area contributed by atoms with E-state index in [0.29, 0.717) is 17.3 Å². The predicted molar refractivity (Wildman–Crippen MR) is 72.1 cm³/mol. The summed E-state index contributed by atoms with van der Waals surface area (Å²) in [6, 6.07) is 2.94. The van der Waals surface area contributed by atoms with Crippen LogP contribution < -0.4 is 9.47 Å². The summed E-state index contributed by atoms with van der Waals surface area (Å²) < 4.78 is 12.4. The summed E-state index contributed by atoms with van der Waals surface area (Å²) in [7, 11) is 0. The molecule has 20 heavy (non-hydrogen) atoms. The van der Waals surface area contributed by atoms with E-state index < -0.39 is 12.0 Å². The molecule has 1 atom stereocenters. The number of aryl methyl sites for hydroxylation is 1. The highest BCUT2D eigenvalue weighted by atomic mass is 16.7. The first-order valence-corrected chi connectivity index (χ1v) is 6.50. The number of hydrogen-bond acceptors (Lipinski definition) is 4. The third kappa shape index (κ3) is 1.79. The Morgan fingerprint density at radius 3 is 2.60 bits per heavy atom. The lowest BCUT2D eigenvalue weighted by atomic mass is 10.0. The minimum Gasteiger partial charge on any atom is -0.480 e. The van der Waals surface area contributed by atoms with E-state index in [2.05, 4.69) is 4.98 Å². The molecule has 2 heterocycles. The molecule has 0 radical (unpaired) electrons. The molecule has 2 aromatic rings. The number of imidazole rings is 1. The van der Waals surface area contributed by atoms with Gasteiger partial charge in [0.2, 0.25) is 6.79 Å². The van der Waals surface area contributed by atoms with Gasteiger partial charge in [0.1, 0.15) is 11.9 Å². The molecule has 106 valence electrons. The largest absolute Gasteiger partial charge is 0.480 e. The minimum absolute atomic E-state index is 0.0472. The zero-order chi connectivity index (χ0) is 14.4. The second kappa shape index (κ2) is 4.40. The number of carboxylic acid groups (broad SMARTS) is 1. The van der Waals surface area contributed by atoms with Crippen molar-refractivity contribution in [2.24, 2.45) is 5.92 Å². The SMILES string of the molecule is Cc1nc2cc3c(cc2n1C(C(=O)O)C(C)C)OCO3. The van der Waals surface area contributed by atoms with Gasteiger partial charge in [-0.25, -0.2) is 9.78 Å². The van der Waals surface area contributed by atoms with Gasteiger partial charge in [0.05, 0.1) is 11.0 Å². The molecule has 1 aromatic heterocycles. The van der Waals surface area contributed by atoms with Gasteiger partial charge in [-0.2, -0.15) is 0 Å². The number of rotatable bonds is 3. The van der Waals surface area contributed by atoms with Crippen molar-refractivity contribution in [1.82, 2.24) is 9.55 Å². The molecule has 1 unspecified atom stereocenters. The zero-order valence-electron chi connectivity index (χ0n) is 11.6. The van der Waals surface area contributed by atoms with Crippen LogP contribution >= 0.6 is 0 Å². The number of fused-ring (bicyclic) bond motifs is 2. The second-order valence-electron chi connectivity index (χ2n) is 5.25. The number of benzene rings is 1. The number of aliphatic carboxylic acids is 1. The van der Waals surface area contributed by atoms with Crippen LogP contribution in [0.4, 0.5) is 0 Å². The Morgan fingerprint density at radius 2 is 2.00 bits per heavy atom. The lowest BCUT2D eigenvalue weighted by molar-refractivity contribution is -0.142. The molecule has 1 aliphatic rings. The second-order valence-corrected chi connectivity index (χ2v) is 5.25. The molecule has 6 nitrogen and oxygen atoms in total. The van der Waals surface area contributed by atoms with E-state index in [9.17, 15) is 9.90 Å². The molecule has 1 aromatic carbocycles. The number of ether oxygens (including phenoxy) is 2. The van der Waals surface area contributed by atoms with E-state index in [4.69, 9.17) is 9.47 Å². The summed E-state index contributed by atoms with van der Waals surface area (Å²) >= 11 is 0. The molecule has 1 aliphatic heterocycles. The molecule has 1 N–H and O–H groups in total. The lowest BCUT2D eigenvalue weighted by Gasteiger charge is -2.20. The Labute approximate surface area is 115 Å². The molecule has 0 saturated heterocycles. The van der Waals surface area contributed by atoms with Crippen LogP contribution in [0, 0.1) is 12.8 Å². The van der Waals surface area contributed by atoms with Crippen LogP contribution in [-0.2, 0) is 4.79 Å². The molecule has 0 fully saturated rings. The van der Waals surface area contributed by atoms with Crippen molar-refractivity contribution in [1.29, 1.82) is 0 Å². The number of aromatic nitrogens is 2. The normalized spacial score (nSPS) is 15.0. The molecule has 0 saturated carbocycles. The monoisotopic (exact) mass is 276 g/mol. The van der Waals surface area contributed by atoms with Gasteiger partial charge in [-0.3, -0.25) is 0 Å². The van der Waals surface area contributed by atoms with Gasteiger partial charge in [0.25, 0.3) is 0 Å². The van der Waals surface area contributed by atoms with Crippen LogP contribution in [0.5, 0.6) is 11.5 Å². The van der Waals surface area contributed by atoms with E-state index in [1.807, 2.05) is 20.8 Å². The Balaban J connectivity index is 2.24. The Kier molecular flexibility index (Phi) is 2.81. The molecule has 0 amide bonds.